The monoisotopic (exact) mass is 469 g/mol. The number of carbonyl (C=O) groups excluding carboxylic acids is 1. The zero-order chi connectivity index (χ0) is 24.2. The summed E-state index contributed by atoms with van der Waals surface area (Å²) in [7, 11) is 3.95. The minimum Gasteiger partial charge on any atom is -0.497 e. The number of amides is 1. The number of fused-ring (bicyclic) bond motifs is 2. The largest absolute Gasteiger partial charge is 0.497 e. The maximum atomic E-state index is 13.0. The Kier molecular flexibility index (Phi) is 5.29. The highest BCUT2D eigenvalue weighted by Gasteiger charge is 2.54. The number of nitrogens with one attached hydrogen (secondary N) is 2. The summed E-state index contributed by atoms with van der Waals surface area (Å²) < 4.78 is 5.59. The number of pyridine rings is 1. The van der Waals surface area contributed by atoms with Gasteiger partial charge < -0.3 is 19.9 Å². The highest BCUT2D eigenvalue weighted by Crippen LogP contribution is 2.54. The summed E-state index contributed by atoms with van der Waals surface area (Å²) in [6.45, 7) is 1.44. The Hall–Kier alpha value is -3.38. The number of H-pyrrole nitrogens is 1. The molecule has 1 fully saturated rings. The molecule has 1 amide bonds. The molecule has 0 radical (unpaired) electrons. The Labute approximate surface area is 205 Å². The molecule has 2 bridgehead atoms. The first kappa shape index (κ1) is 22.1. The lowest BCUT2D eigenvalue weighted by Gasteiger charge is -2.58. The highest BCUT2D eigenvalue weighted by atomic mass is 16.5. The number of likely N-dealkylation sites (tertiary alicyclic amines) is 1. The van der Waals surface area contributed by atoms with Gasteiger partial charge in [-0.25, -0.2) is 0 Å². The zero-order valence-corrected chi connectivity index (χ0v) is 20.3. The van der Waals surface area contributed by atoms with Crippen molar-refractivity contribution >= 4 is 5.91 Å². The number of methoxy groups -OCH3 is 1. The molecule has 180 valence electrons. The van der Waals surface area contributed by atoms with Crippen LogP contribution < -0.4 is 15.6 Å². The third-order valence-corrected chi connectivity index (χ3v) is 8.62. The van der Waals surface area contributed by atoms with Crippen molar-refractivity contribution in [2.75, 3.05) is 20.7 Å². The number of aromatic nitrogens is 1. The van der Waals surface area contributed by atoms with Crippen molar-refractivity contribution in [2.24, 2.45) is 5.92 Å². The van der Waals surface area contributed by atoms with Gasteiger partial charge in [-0.05, 0) is 85.6 Å². The van der Waals surface area contributed by atoms with Gasteiger partial charge in [0, 0.05) is 23.7 Å². The zero-order valence-electron chi connectivity index (χ0n) is 20.3. The fourth-order valence-corrected chi connectivity index (χ4v) is 6.78. The van der Waals surface area contributed by atoms with Crippen molar-refractivity contribution in [1.82, 2.24) is 15.2 Å². The van der Waals surface area contributed by atoms with Gasteiger partial charge in [0.25, 0.3) is 11.5 Å². The molecule has 1 saturated heterocycles. The van der Waals surface area contributed by atoms with Gasteiger partial charge in [0.05, 0.1) is 7.11 Å². The van der Waals surface area contributed by atoms with E-state index in [1.165, 1.54) is 11.1 Å². The van der Waals surface area contributed by atoms with Crippen LogP contribution in [0.5, 0.6) is 5.75 Å². The first-order valence-electron chi connectivity index (χ1n) is 12.4. The van der Waals surface area contributed by atoms with E-state index in [1.807, 2.05) is 36.4 Å². The van der Waals surface area contributed by atoms with Crippen molar-refractivity contribution in [3.63, 3.8) is 0 Å². The second-order valence-electron chi connectivity index (χ2n) is 10.4. The SMILES string of the molecule is COc1ccc2c(c1)[C@]13CCN(C)[C@H](C2)[C@@H]1Cc1cc(C(=O)NCc2ccccc2)c(=O)[nH]c1C3. The van der Waals surface area contributed by atoms with E-state index in [1.54, 1.807) is 7.11 Å². The molecule has 2 heterocycles. The normalized spacial score (nSPS) is 24.6. The van der Waals surface area contributed by atoms with Crippen LogP contribution in [0.2, 0.25) is 0 Å². The fraction of sp³-hybridized carbons (Fsp3) is 0.379. The molecule has 35 heavy (non-hydrogen) atoms. The molecule has 3 atom stereocenters. The number of likely N-dealkylation sites (N-methyl/N-ethyl adjacent to an activating group) is 1. The van der Waals surface area contributed by atoms with E-state index in [-0.39, 0.29) is 22.4 Å². The maximum absolute atomic E-state index is 13.0. The van der Waals surface area contributed by atoms with E-state index in [9.17, 15) is 9.59 Å². The number of benzene rings is 2. The van der Waals surface area contributed by atoms with E-state index in [0.29, 0.717) is 18.5 Å². The van der Waals surface area contributed by atoms with Crippen LogP contribution in [0.1, 0.15) is 44.7 Å². The summed E-state index contributed by atoms with van der Waals surface area (Å²) in [4.78, 5) is 31.6. The molecular weight excluding hydrogens is 438 g/mol. The van der Waals surface area contributed by atoms with Gasteiger partial charge in [0.1, 0.15) is 11.3 Å². The maximum Gasteiger partial charge on any atom is 0.261 e. The lowest BCUT2D eigenvalue weighted by molar-refractivity contribution is 0.0233. The lowest BCUT2D eigenvalue weighted by atomic mass is 9.52. The van der Waals surface area contributed by atoms with Crippen LogP contribution in [0.15, 0.2) is 59.4 Å². The molecule has 1 aromatic heterocycles. The van der Waals surface area contributed by atoms with Crippen LogP contribution in [0, 0.1) is 5.92 Å². The number of hydrogen-bond acceptors (Lipinski definition) is 4. The molecule has 1 aliphatic heterocycles. The quantitative estimate of drug-likeness (QED) is 0.615. The van der Waals surface area contributed by atoms with E-state index in [4.69, 9.17) is 4.74 Å². The second-order valence-corrected chi connectivity index (χ2v) is 10.4. The van der Waals surface area contributed by atoms with Gasteiger partial charge in [-0.15, -0.1) is 0 Å². The summed E-state index contributed by atoms with van der Waals surface area (Å²) in [5.41, 5.74) is 5.72. The number of carbonyl (C=O) groups is 1. The first-order chi connectivity index (χ1) is 17.0. The number of ether oxygens (including phenoxy) is 1. The van der Waals surface area contributed by atoms with Crippen molar-refractivity contribution < 1.29 is 9.53 Å². The Balaban J connectivity index is 1.36. The van der Waals surface area contributed by atoms with Crippen LogP contribution in [-0.4, -0.2) is 42.5 Å². The van der Waals surface area contributed by atoms with E-state index in [2.05, 4.69) is 40.4 Å². The van der Waals surface area contributed by atoms with E-state index >= 15 is 0 Å². The minimum atomic E-state index is -0.325. The topological polar surface area (TPSA) is 74.4 Å². The van der Waals surface area contributed by atoms with Crippen LogP contribution in [0.3, 0.4) is 0 Å². The number of aromatic amines is 1. The highest BCUT2D eigenvalue weighted by molar-refractivity contribution is 5.94. The average Bonchev–Trinajstić information content (AvgIpc) is 2.88. The summed E-state index contributed by atoms with van der Waals surface area (Å²) in [6.07, 6.45) is 3.71. The third-order valence-electron chi connectivity index (χ3n) is 8.62. The number of nitrogens with zero attached hydrogens (tertiary/aromatic N) is 1. The van der Waals surface area contributed by atoms with Crippen molar-refractivity contribution in [3.8, 4) is 5.75 Å². The molecule has 0 saturated carbocycles. The molecule has 6 nitrogen and oxygen atoms in total. The summed E-state index contributed by atoms with van der Waals surface area (Å²) in [5, 5.41) is 2.91. The summed E-state index contributed by atoms with van der Waals surface area (Å²) in [6, 6.07) is 18.5. The molecule has 3 aromatic rings. The average molecular weight is 470 g/mol. The predicted octanol–water partition coefficient (Wildman–Crippen LogP) is 3.23. The van der Waals surface area contributed by atoms with Gasteiger partial charge in [0.2, 0.25) is 0 Å². The van der Waals surface area contributed by atoms with Crippen LogP contribution in [-0.2, 0) is 31.2 Å². The second kappa shape index (κ2) is 8.38. The smallest absolute Gasteiger partial charge is 0.261 e. The molecule has 0 unspecified atom stereocenters. The fourth-order valence-electron chi connectivity index (χ4n) is 6.78. The van der Waals surface area contributed by atoms with Crippen LogP contribution in [0.25, 0.3) is 0 Å². The Bertz CT molecular complexity index is 1350. The predicted molar refractivity (Wildman–Crippen MR) is 135 cm³/mol. The Morgan fingerprint density at radius 2 is 1.97 bits per heavy atom. The third kappa shape index (κ3) is 3.59. The van der Waals surface area contributed by atoms with Gasteiger partial charge in [-0.3, -0.25) is 9.59 Å². The molecule has 2 aliphatic carbocycles. The van der Waals surface area contributed by atoms with Crippen LogP contribution >= 0.6 is 0 Å². The van der Waals surface area contributed by atoms with E-state index < -0.39 is 0 Å². The summed E-state index contributed by atoms with van der Waals surface area (Å²) in [5.74, 6) is 0.993. The number of piperidine rings is 1. The molecule has 2 N–H and O–H groups in total. The lowest BCUT2D eigenvalue weighted by Crippen LogP contribution is -2.61. The molecular formula is C29H31N3O3. The Morgan fingerprint density at radius 1 is 1.14 bits per heavy atom. The minimum absolute atomic E-state index is 0.0215. The van der Waals surface area contributed by atoms with Gasteiger partial charge in [-0.1, -0.05) is 36.4 Å². The molecule has 2 aromatic carbocycles. The number of hydrogen-bond donors (Lipinski definition) is 2. The van der Waals surface area contributed by atoms with Crippen LogP contribution in [0.4, 0.5) is 0 Å². The number of rotatable bonds is 4. The van der Waals surface area contributed by atoms with Gasteiger partial charge in [0.15, 0.2) is 0 Å². The van der Waals surface area contributed by atoms with E-state index in [0.717, 1.165) is 54.8 Å². The van der Waals surface area contributed by atoms with Crippen molar-refractivity contribution in [3.05, 3.63) is 98.5 Å². The standard InChI is InChI=1S/C29H31N3O3/c1-32-11-10-29-16-25-20(13-24(29)26(32)14-19-8-9-21(35-2)15-23(19)29)12-22(28(34)31-25)27(33)30-17-18-6-4-3-5-7-18/h3-9,12,15,24,26H,10-11,13-14,16-17H2,1-2H3,(H,30,33)(H,31,34)/t24-,26+,29+/m0/s1. The molecule has 6 heteroatoms. The molecule has 3 aliphatic rings. The van der Waals surface area contributed by atoms with Gasteiger partial charge >= 0.3 is 0 Å². The van der Waals surface area contributed by atoms with Crippen molar-refractivity contribution in [2.45, 2.75) is 43.7 Å². The first-order valence-corrected chi connectivity index (χ1v) is 12.4. The Morgan fingerprint density at radius 3 is 2.77 bits per heavy atom. The molecule has 0 spiro atoms. The summed E-state index contributed by atoms with van der Waals surface area (Å²) >= 11 is 0. The van der Waals surface area contributed by atoms with Crippen molar-refractivity contribution in [1.29, 1.82) is 0 Å². The van der Waals surface area contributed by atoms with Gasteiger partial charge in [-0.2, -0.15) is 0 Å². The molecule has 6 rings (SSSR count).